The number of hydrogen-bond donors (Lipinski definition) is 1. The molecule has 0 radical (unpaired) electrons. The summed E-state index contributed by atoms with van der Waals surface area (Å²) in [6.45, 7) is 4.10. The third-order valence-corrected chi connectivity index (χ3v) is 2.51. The summed E-state index contributed by atoms with van der Waals surface area (Å²) in [4.78, 5) is 15.1. The third kappa shape index (κ3) is 1.78. The summed E-state index contributed by atoms with van der Waals surface area (Å²) in [5.41, 5.74) is 1.72. The number of carboxylic acid groups (broad SMARTS) is 1. The van der Waals surface area contributed by atoms with E-state index in [1.54, 1.807) is 6.20 Å². The highest BCUT2D eigenvalue weighted by atomic mass is 16.4. The van der Waals surface area contributed by atoms with Crippen molar-refractivity contribution in [3.63, 3.8) is 0 Å². The molecule has 1 N–H and O–H groups in total. The fourth-order valence-corrected chi connectivity index (χ4v) is 1.84. The molecule has 0 saturated heterocycles. The zero-order valence-electron chi connectivity index (χ0n) is 9.34. The van der Waals surface area contributed by atoms with Crippen molar-refractivity contribution in [2.45, 2.75) is 26.2 Å². The molecular formula is C12H14N2O2. The molecule has 2 rings (SSSR count). The molecule has 0 fully saturated rings. The number of aliphatic carboxylic acids is 1. The largest absolute Gasteiger partial charge is 0.481 e. The maximum absolute atomic E-state index is 10.8. The van der Waals surface area contributed by atoms with E-state index in [4.69, 9.17) is 5.11 Å². The Morgan fingerprint density at radius 3 is 2.88 bits per heavy atom. The molecule has 0 amide bonds. The molecule has 0 saturated carbocycles. The lowest BCUT2D eigenvalue weighted by Gasteiger charge is -2.09. The summed E-state index contributed by atoms with van der Waals surface area (Å²) in [6, 6.07) is 5.62. The van der Waals surface area contributed by atoms with Gasteiger partial charge < -0.3 is 5.11 Å². The molecule has 2 heterocycles. The van der Waals surface area contributed by atoms with Crippen LogP contribution in [-0.4, -0.2) is 20.5 Å². The Labute approximate surface area is 93.5 Å². The van der Waals surface area contributed by atoms with Crippen LogP contribution in [0.2, 0.25) is 0 Å². The Balaban J connectivity index is 2.63. The highest BCUT2D eigenvalue weighted by molar-refractivity contribution is 5.70. The van der Waals surface area contributed by atoms with Gasteiger partial charge in [-0.2, -0.15) is 0 Å². The minimum Gasteiger partial charge on any atom is -0.481 e. The van der Waals surface area contributed by atoms with Crippen molar-refractivity contribution in [1.29, 1.82) is 0 Å². The molecule has 4 heteroatoms. The SMILES string of the molecule is CC(C)c1ncc2cccc(CC(=O)O)n12. The standard InChI is InChI=1S/C12H14N2O2/c1-8(2)12-13-7-10-5-3-4-9(14(10)12)6-11(15)16/h3-5,7-8H,6H2,1-2H3,(H,15,16). The first-order valence-electron chi connectivity index (χ1n) is 5.26. The van der Waals surface area contributed by atoms with Crippen LogP contribution in [0.3, 0.4) is 0 Å². The Hall–Kier alpha value is -1.84. The van der Waals surface area contributed by atoms with Gasteiger partial charge in [-0.25, -0.2) is 4.98 Å². The van der Waals surface area contributed by atoms with E-state index in [1.807, 2.05) is 36.4 Å². The predicted octanol–water partition coefficient (Wildman–Crippen LogP) is 2.08. The van der Waals surface area contributed by atoms with Crippen LogP contribution < -0.4 is 0 Å². The molecule has 0 unspecified atom stereocenters. The van der Waals surface area contributed by atoms with Gasteiger partial charge in [-0.3, -0.25) is 9.20 Å². The molecule has 0 aliphatic carbocycles. The van der Waals surface area contributed by atoms with Gasteiger partial charge in [0, 0.05) is 11.6 Å². The van der Waals surface area contributed by atoms with Gasteiger partial charge in [0.1, 0.15) is 5.82 Å². The predicted molar refractivity (Wildman–Crippen MR) is 60.6 cm³/mol. The van der Waals surface area contributed by atoms with Crippen LogP contribution in [0.1, 0.15) is 31.3 Å². The molecule has 16 heavy (non-hydrogen) atoms. The normalized spacial score (nSPS) is 11.2. The molecule has 0 bridgehead atoms. The van der Waals surface area contributed by atoms with E-state index >= 15 is 0 Å². The molecule has 2 aromatic rings. The minimum atomic E-state index is -0.823. The Bertz CT molecular complexity index is 529. The number of fused-ring (bicyclic) bond motifs is 1. The highest BCUT2D eigenvalue weighted by Crippen LogP contribution is 2.18. The van der Waals surface area contributed by atoms with E-state index in [0.29, 0.717) is 0 Å². The van der Waals surface area contributed by atoms with Gasteiger partial charge in [0.2, 0.25) is 0 Å². The molecule has 0 aliphatic rings. The summed E-state index contributed by atoms with van der Waals surface area (Å²) in [6.07, 6.45) is 1.80. The summed E-state index contributed by atoms with van der Waals surface area (Å²) >= 11 is 0. The minimum absolute atomic E-state index is 0.0212. The summed E-state index contributed by atoms with van der Waals surface area (Å²) in [5, 5.41) is 8.86. The number of imidazole rings is 1. The van der Waals surface area contributed by atoms with Crippen LogP contribution in [-0.2, 0) is 11.2 Å². The zero-order valence-corrected chi connectivity index (χ0v) is 9.34. The topological polar surface area (TPSA) is 54.6 Å². The third-order valence-electron chi connectivity index (χ3n) is 2.51. The lowest BCUT2D eigenvalue weighted by Crippen LogP contribution is -2.08. The highest BCUT2D eigenvalue weighted by Gasteiger charge is 2.12. The lowest BCUT2D eigenvalue weighted by molar-refractivity contribution is -0.136. The molecular weight excluding hydrogens is 204 g/mol. The molecule has 0 spiro atoms. The number of aromatic nitrogens is 2. The molecule has 0 atom stereocenters. The zero-order chi connectivity index (χ0) is 11.7. The fraction of sp³-hybridized carbons (Fsp3) is 0.333. The van der Waals surface area contributed by atoms with Crippen molar-refractivity contribution in [3.8, 4) is 0 Å². The van der Waals surface area contributed by atoms with E-state index in [2.05, 4.69) is 4.98 Å². The Morgan fingerprint density at radius 2 is 2.25 bits per heavy atom. The summed E-state index contributed by atoms with van der Waals surface area (Å²) in [5.74, 6) is 0.361. The van der Waals surface area contributed by atoms with Gasteiger partial charge in [-0.1, -0.05) is 19.9 Å². The number of carboxylic acids is 1. The number of pyridine rings is 1. The fourth-order valence-electron chi connectivity index (χ4n) is 1.84. The number of nitrogens with zero attached hydrogens (tertiary/aromatic N) is 2. The van der Waals surface area contributed by atoms with Gasteiger partial charge in [0.05, 0.1) is 18.1 Å². The smallest absolute Gasteiger partial charge is 0.309 e. The van der Waals surface area contributed by atoms with Crippen LogP contribution in [0, 0.1) is 0 Å². The maximum Gasteiger partial charge on any atom is 0.309 e. The van der Waals surface area contributed by atoms with Gasteiger partial charge in [0.25, 0.3) is 0 Å². The van der Waals surface area contributed by atoms with Crippen molar-refractivity contribution in [2.75, 3.05) is 0 Å². The first kappa shape index (κ1) is 10.7. The summed E-state index contributed by atoms with van der Waals surface area (Å²) in [7, 11) is 0. The van der Waals surface area contributed by atoms with Crippen molar-refractivity contribution >= 4 is 11.5 Å². The van der Waals surface area contributed by atoms with Crippen LogP contribution in [0.25, 0.3) is 5.52 Å². The van der Waals surface area contributed by atoms with Gasteiger partial charge >= 0.3 is 5.97 Å². The second kappa shape index (κ2) is 3.96. The molecule has 4 nitrogen and oxygen atoms in total. The quantitative estimate of drug-likeness (QED) is 0.858. The Morgan fingerprint density at radius 1 is 1.50 bits per heavy atom. The van der Waals surface area contributed by atoms with Gasteiger partial charge in [-0.05, 0) is 12.1 Å². The maximum atomic E-state index is 10.8. The monoisotopic (exact) mass is 218 g/mol. The van der Waals surface area contributed by atoms with Crippen LogP contribution >= 0.6 is 0 Å². The first-order chi connectivity index (χ1) is 7.59. The van der Waals surface area contributed by atoms with Crippen molar-refractivity contribution < 1.29 is 9.90 Å². The van der Waals surface area contributed by atoms with Crippen LogP contribution in [0.15, 0.2) is 24.4 Å². The van der Waals surface area contributed by atoms with E-state index in [9.17, 15) is 4.79 Å². The van der Waals surface area contributed by atoms with Crippen LogP contribution in [0.4, 0.5) is 0 Å². The van der Waals surface area contributed by atoms with E-state index < -0.39 is 5.97 Å². The average molecular weight is 218 g/mol. The molecule has 84 valence electrons. The van der Waals surface area contributed by atoms with E-state index in [0.717, 1.165) is 17.0 Å². The Kier molecular flexibility index (Phi) is 2.64. The van der Waals surface area contributed by atoms with Gasteiger partial charge in [-0.15, -0.1) is 0 Å². The van der Waals surface area contributed by atoms with Crippen molar-refractivity contribution in [2.24, 2.45) is 0 Å². The van der Waals surface area contributed by atoms with E-state index in [1.165, 1.54) is 0 Å². The number of rotatable bonds is 3. The second-order valence-corrected chi connectivity index (χ2v) is 4.12. The van der Waals surface area contributed by atoms with Crippen molar-refractivity contribution in [1.82, 2.24) is 9.38 Å². The molecule has 0 aromatic carbocycles. The molecule has 0 aliphatic heterocycles. The first-order valence-corrected chi connectivity index (χ1v) is 5.26. The number of carbonyl (C=O) groups is 1. The van der Waals surface area contributed by atoms with Crippen molar-refractivity contribution in [3.05, 3.63) is 35.9 Å². The van der Waals surface area contributed by atoms with Gasteiger partial charge in [0.15, 0.2) is 0 Å². The second-order valence-electron chi connectivity index (χ2n) is 4.12. The lowest BCUT2D eigenvalue weighted by atomic mass is 10.2. The summed E-state index contributed by atoms with van der Waals surface area (Å²) < 4.78 is 1.93. The number of hydrogen-bond acceptors (Lipinski definition) is 2. The van der Waals surface area contributed by atoms with E-state index in [-0.39, 0.29) is 12.3 Å². The van der Waals surface area contributed by atoms with Crippen LogP contribution in [0.5, 0.6) is 0 Å². The average Bonchev–Trinajstić information content (AvgIpc) is 2.61. The molecule has 2 aromatic heterocycles.